The largest absolute Gasteiger partial charge is 0.456 e. The van der Waals surface area contributed by atoms with Crippen molar-refractivity contribution >= 4 is 27.7 Å². The Morgan fingerprint density at radius 3 is 2.71 bits per heavy atom. The molecule has 1 saturated heterocycles. The molecule has 4 rings (SSSR count). The highest BCUT2D eigenvalue weighted by atomic mass is 16.5. The fourth-order valence-corrected chi connectivity index (χ4v) is 3.17. The number of para-hydroxylation sites is 1. The molecule has 0 bridgehead atoms. The van der Waals surface area contributed by atoms with E-state index in [2.05, 4.69) is 0 Å². The van der Waals surface area contributed by atoms with Gasteiger partial charge in [0, 0.05) is 22.9 Å². The molecule has 1 fully saturated rings. The van der Waals surface area contributed by atoms with Crippen molar-refractivity contribution in [3.63, 3.8) is 0 Å². The molecule has 2 unspecified atom stereocenters. The van der Waals surface area contributed by atoms with E-state index in [1.165, 1.54) is 0 Å². The van der Waals surface area contributed by atoms with E-state index in [4.69, 9.17) is 9.15 Å². The Labute approximate surface area is 122 Å². The third-order valence-electron chi connectivity index (χ3n) is 4.37. The number of fused-ring (bicyclic) bond motifs is 3. The molecule has 106 valence electrons. The van der Waals surface area contributed by atoms with E-state index in [0.29, 0.717) is 6.61 Å². The Morgan fingerprint density at radius 2 is 1.90 bits per heavy atom. The molecule has 3 aromatic rings. The molecule has 2 atom stereocenters. The van der Waals surface area contributed by atoms with E-state index in [0.717, 1.165) is 33.9 Å². The first-order valence-electron chi connectivity index (χ1n) is 7.31. The number of furan rings is 1. The fraction of sp³-hybridized carbons (Fsp3) is 0.278. The quantitative estimate of drug-likeness (QED) is 0.661. The number of hydrogen-bond acceptors (Lipinski definition) is 3. The van der Waals surface area contributed by atoms with Gasteiger partial charge in [-0.15, -0.1) is 0 Å². The van der Waals surface area contributed by atoms with Gasteiger partial charge in [0.2, 0.25) is 0 Å². The Morgan fingerprint density at radius 1 is 1.10 bits per heavy atom. The predicted molar refractivity (Wildman–Crippen MR) is 81.6 cm³/mol. The highest BCUT2D eigenvalue weighted by molar-refractivity contribution is 6.09. The number of benzene rings is 2. The second kappa shape index (κ2) is 4.71. The molecule has 0 N–H and O–H groups in total. The average Bonchev–Trinajstić information content (AvgIpc) is 3.09. The van der Waals surface area contributed by atoms with E-state index in [1.54, 1.807) is 0 Å². The second-order valence-electron chi connectivity index (χ2n) is 5.64. The van der Waals surface area contributed by atoms with Crippen molar-refractivity contribution in [3.05, 3.63) is 48.0 Å². The summed E-state index contributed by atoms with van der Waals surface area (Å²) < 4.78 is 11.3. The lowest BCUT2D eigenvalue weighted by Gasteiger charge is -2.12. The molecule has 21 heavy (non-hydrogen) atoms. The van der Waals surface area contributed by atoms with Crippen LogP contribution in [0.1, 0.15) is 23.7 Å². The first kappa shape index (κ1) is 12.6. The highest BCUT2D eigenvalue weighted by Crippen LogP contribution is 2.31. The van der Waals surface area contributed by atoms with Crippen molar-refractivity contribution in [2.75, 3.05) is 6.61 Å². The first-order chi connectivity index (χ1) is 10.2. The summed E-state index contributed by atoms with van der Waals surface area (Å²) in [4.78, 5) is 12.6. The molecular weight excluding hydrogens is 264 g/mol. The van der Waals surface area contributed by atoms with E-state index >= 15 is 0 Å². The van der Waals surface area contributed by atoms with Crippen LogP contribution < -0.4 is 0 Å². The topological polar surface area (TPSA) is 39.4 Å². The number of hydrogen-bond donors (Lipinski definition) is 0. The number of carbonyl (C=O) groups excluding carboxylic acids is 1. The maximum absolute atomic E-state index is 12.6. The van der Waals surface area contributed by atoms with Gasteiger partial charge in [-0.2, -0.15) is 0 Å². The molecule has 0 amide bonds. The molecule has 3 nitrogen and oxygen atoms in total. The van der Waals surface area contributed by atoms with Crippen molar-refractivity contribution in [1.29, 1.82) is 0 Å². The van der Waals surface area contributed by atoms with Crippen LogP contribution in [0.2, 0.25) is 0 Å². The van der Waals surface area contributed by atoms with E-state index in [9.17, 15) is 4.79 Å². The third-order valence-corrected chi connectivity index (χ3v) is 4.37. The lowest BCUT2D eigenvalue weighted by atomic mass is 9.92. The summed E-state index contributed by atoms with van der Waals surface area (Å²) in [5.74, 6) is 0.146. The molecule has 2 heterocycles. The Bertz CT molecular complexity index is 831. The average molecular weight is 280 g/mol. The number of ketones is 1. The second-order valence-corrected chi connectivity index (χ2v) is 5.64. The fourth-order valence-electron chi connectivity index (χ4n) is 3.17. The van der Waals surface area contributed by atoms with Crippen LogP contribution in [-0.4, -0.2) is 18.5 Å². The summed E-state index contributed by atoms with van der Waals surface area (Å²) in [6.07, 6.45) is 0.818. The summed E-state index contributed by atoms with van der Waals surface area (Å²) in [5, 5.41) is 2.06. The third kappa shape index (κ3) is 1.96. The molecule has 1 aromatic heterocycles. The Hall–Kier alpha value is -2.13. The van der Waals surface area contributed by atoms with Gasteiger partial charge >= 0.3 is 0 Å². The van der Waals surface area contributed by atoms with Crippen LogP contribution in [0.4, 0.5) is 0 Å². The minimum absolute atomic E-state index is 0.00860. The Kier molecular flexibility index (Phi) is 2.82. The lowest BCUT2D eigenvalue weighted by Crippen LogP contribution is -2.21. The maximum atomic E-state index is 12.6. The zero-order valence-electron chi connectivity index (χ0n) is 11.8. The summed E-state index contributed by atoms with van der Waals surface area (Å²) in [6, 6.07) is 13.6. The van der Waals surface area contributed by atoms with Crippen molar-refractivity contribution < 1.29 is 13.9 Å². The van der Waals surface area contributed by atoms with Gasteiger partial charge in [-0.05, 0) is 37.6 Å². The van der Waals surface area contributed by atoms with Crippen molar-refractivity contribution in [1.82, 2.24) is 0 Å². The monoisotopic (exact) mass is 280 g/mol. The number of ether oxygens (including phenoxy) is 1. The van der Waals surface area contributed by atoms with Gasteiger partial charge in [0.25, 0.3) is 0 Å². The summed E-state index contributed by atoms with van der Waals surface area (Å²) in [5.41, 5.74) is 2.43. The van der Waals surface area contributed by atoms with Crippen LogP contribution in [0, 0.1) is 5.92 Å². The predicted octanol–water partition coefficient (Wildman–Crippen LogP) is 4.19. The van der Waals surface area contributed by atoms with Gasteiger partial charge in [0.1, 0.15) is 11.2 Å². The van der Waals surface area contributed by atoms with E-state index < -0.39 is 0 Å². The van der Waals surface area contributed by atoms with E-state index in [-0.39, 0.29) is 17.8 Å². The summed E-state index contributed by atoms with van der Waals surface area (Å²) >= 11 is 0. The van der Waals surface area contributed by atoms with E-state index in [1.807, 2.05) is 49.4 Å². The number of Topliss-reactive ketones (excluding diaryl/α,β-unsaturated/α-hetero) is 1. The van der Waals surface area contributed by atoms with Crippen LogP contribution in [0.5, 0.6) is 0 Å². The van der Waals surface area contributed by atoms with Gasteiger partial charge in [0.15, 0.2) is 5.78 Å². The smallest absolute Gasteiger partial charge is 0.168 e. The zero-order valence-corrected chi connectivity index (χ0v) is 11.8. The zero-order chi connectivity index (χ0) is 14.4. The summed E-state index contributed by atoms with van der Waals surface area (Å²) in [6.45, 7) is 2.65. The van der Waals surface area contributed by atoms with Gasteiger partial charge in [-0.1, -0.05) is 18.2 Å². The van der Waals surface area contributed by atoms with Crippen LogP contribution >= 0.6 is 0 Å². The van der Waals surface area contributed by atoms with Crippen molar-refractivity contribution in [3.8, 4) is 0 Å². The molecule has 1 aliphatic rings. The molecular formula is C18H16O3. The Balaban J connectivity index is 1.82. The van der Waals surface area contributed by atoms with Gasteiger partial charge in [-0.3, -0.25) is 4.79 Å². The number of carbonyl (C=O) groups is 1. The van der Waals surface area contributed by atoms with Gasteiger partial charge < -0.3 is 9.15 Å². The molecule has 1 aliphatic heterocycles. The van der Waals surface area contributed by atoms with Crippen LogP contribution in [0.25, 0.3) is 21.9 Å². The maximum Gasteiger partial charge on any atom is 0.168 e. The molecule has 0 spiro atoms. The van der Waals surface area contributed by atoms with Crippen molar-refractivity contribution in [2.24, 2.45) is 5.92 Å². The molecule has 3 heteroatoms. The van der Waals surface area contributed by atoms with Crippen LogP contribution in [-0.2, 0) is 4.74 Å². The van der Waals surface area contributed by atoms with Gasteiger partial charge in [0.05, 0.1) is 12.0 Å². The summed E-state index contributed by atoms with van der Waals surface area (Å²) in [7, 11) is 0. The molecule has 0 saturated carbocycles. The minimum atomic E-state index is -0.0272. The normalized spacial score (nSPS) is 22.1. The SMILES string of the molecule is CC1OCCC1C(=O)c1ccc2oc3ccccc3c2c1. The highest BCUT2D eigenvalue weighted by Gasteiger charge is 2.31. The van der Waals surface area contributed by atoms with Crippen LogP contribution in [0.3, 0.4) is 0 Å². The molecule has 0 aliphatic carbocycles. The standard InChI is InChI=1S/C18H16O3/c1-11-13(8-9-20-11)18(19)12-6-7-17-15(10-12)14-4-2-3-5-16(14)21-17/h2-7,10-11,13H,8-9H2,1H3. The number of rotatable bonds is 2. The minimum Gasteiger partial charge on any atom is -0.456 e. The lowest BCUT2D eigenvalue weighted by molar-refractivity contribution is 0.0764. The molecule has 0 radical (unpaired) electrons. The van der Waals surface area contributed by atoms with Crippen LogP contribution in [0.15, 0.2) is 46.9 Å². The molecule has 2 aromatic carbocycles. The van der Waals surface area contributed by atoms with Gasteiger partial charge in [-0.25, -0.2) is 0 Å². The van der Waals surface area contributed by atoms with Crippen molar-refractivity contribution in [2.45, 2.75) is 19.4 Å². The first-order valence-corrected chi connectivity index (χ1v) is 7.31.